The van der Waals surface area contributed by atoms with Gasteiger partial charge < -0.3 is 9.22 Å². The topological polar surface area (TPSA) is 26.3 Å². The summed E-state index contributed by atoms with van der Waals surface area (Å²) >= 11 is 0. The van der Waals surface area contributed by atoms with Crippen LogP contribution in [0.2, 0.25) is 0 Å². The number of hydrogen-bond acceptors (Lipinski definition) is 2. The van der Waals surface area contributed by atoms with E-state index in [9.17, 15) is 4.79 Å². The summed E-state index contributed by atoms with van der Waals surface area (Å²) in [6.45, 7) is 10.7. The quantitative estimate of drug-likeness (QED) is 0.201. The van der Waals surface area contributed by atoms with Crippen molar-refractivity contribution in [2.45, 2.75) is 71.6 Å². The highest BCUT2D eigenvalue weighted by atomic mass is 16.5. The lowest BCUT2D eigenvalue weighted by Gasteiger charge is -2.29. The van der Waals surface area contributed by atoms with Crippen molar-refractivity contribution in [1.29, 1.82) is 0 Å². The van der Waals surface area contributed by atoms with Gasteiger partial charge in [0, 0.05) is 5.57 Å². The molecule has 0 atom stereocenters. The molecular weight excluding hydrogens is 274 g/mol. The van der Waals surface area contributed by atoms with Gasteiger partial charge in [0.05, 0.1) is 33.8 Å². The Bertz CT molecular complexity index is 311. The second-order valence-corrected chi connectivity index (χ2v) is 7.13. The zero-order chi connectivity index (χ0) is 16.8. The summed E-state index contributed by atoms with van der Waals surface area (Å²) in [6.07, 6.45) is 11.3. The van der Waals surface area contributed by atoms with Gasteiger partial charge in [-0.25, -0.2) is 4.79 Å². The van der Waals surface area contributed by atoms with Crippen LogP contribution in [0.3, 0.4) is 0 Å². The second-order valence-electron chi connectivity index (χ2n) is 7.13. The Kier molecular flexibility index (Phi) is 12.2. The molecule has 0 spiro atoms. The van der Waals surface area contributed by atoms with Crippen LogP contribution in [-0.2, 0) is 9.53 Å². The van der Waals surface area contributed by atoms with E-state index in [1.165, 1.54) is 58.0 Å². The molecule has 0 rings (SSSR count). The third-order valence-electron chi connectivity index (χ3n) is 4.11. The lowest BCUT2D eigenvalue weighted by Crippen LogP contribution is -2.41. The molecule has 0 aromatic heterocycles. The second kappa shape index (κ2) is 12.7. The SMILES string of the molecule is C=C(C)C(=O)OCCCCCCCC[N+](C)(C)CCCCC. The molecule has 0 N–H and O–H groups in total. The van der Waals surface area contributed by atoms with Gasteiger partial charge >= 0.3 is 5.97 Å². The summed E-state index contributed by atoms with van der Waals surface area (Å²) in [5.41, 5.74) is 0.486. The fourth-order valence-corrected chi connectivity index (χ4v) is 2.54. The molecule has 3 nitrogen and oxygen atoms in total. The molecule has 0 saturated heterocycles. The average Bonchev–Trinajstić information content (AvgIpc) is 2.45. The Hall–Kier alpha value is -0.830. The molecule has 0 amide bonds. The number of ether oxygens (including phenoxy) is 1. The van der Waals surface area contributed by atoms with Crippen LogP contribution in [0.15, 0.2) is 12.2 Å². The van der Waals surface area contributed by atoms with Crippen molar-refractivity contribution in [3.8, 4) is 0 Å². The van der Waals surface area contributed by atoms with E-state index in [1.54, 1.807) is 6.92 Å². The molecule has 0 aromatic carbocycles. The van der Waals surface area contributed by atoms with Crippen molar-refractivity contribution in [1.82, 2.24) is 0 Å². The average molecular weight is 313 g/mol. The maximum Gasteiger partial charge on any atom is 0.333 e. The van der Waals surface area contributed by atoms with E-state index < -0.39 is 0 Å². The first-order valence-corrected chi connectivity index (χ1v) is 9.03. The van der Waals surface area contributed by atoms with Crippen molar-refractivity contribution in [2.24, 2.45) is 0 Å². The van der Waals surface area contributed by atoms with Crippen LogP contribution in [0.25, 0.3) is 0 Å². The van der Waals surface area contributed by atoms with Crippen molar-refractivity contribution in [3.63, 3.8) is 0 Å². The van der Waals surface area contributed by atoms with Crippen molar-refractivity contribution >= 4 is 5.97 Å². The van der Waals surface area contributed by atoms with Gasteiger partial charge in [0.25, 0.3) is 0 Å². The molecule has 0 bridgehead atoms. The number of unbranched alkanes of at least 4 members (excludes halogenated alkanes) is 7. The minimum absolute atomic E-state index is 0.261. The monoisotopic (exact) mass is 312 g/mol. The number of rotatable bonds is 14. The molecule has 0 saturated carbocycles. The van der Waals surface area contributed by atoms with Crippen molar-refractivity contribution < 1.29 is 14.0 Å². The number of esters is 1. The molecule has 0 heterocycles. The third kappa shape index (κ3) is 12.9. The maximum atomic E-state index is 11.2. The highest BCUT2D eigenvalue weighted by molar-refractivity contribution is 5.86. The fraction of sp³-hybridized carbons (Fsp3) is 0.842. The minimum Gasteiger partial charge on any atom is -0.462 e. The van der Waals surface area contributed by atoms with Gasteiger partial charge in [0.2, 0.25) is 0 Å². The highest BCUT2D eigenvalue weighted by Crippen LogP contribution is 2.10. The standard InChI is InChI=1S/C19H38NO2/c1-6-7-12-15-20(4,5)16-13-10-8-9-11-14-17-22-19(21)18(2)3/h2,6-17H2,1,3-5H3/q+1. The summed E-state index contributed by atoms with van der Waals surface area (Å²) in [7, 11) is 4.71. The van der Waals surface area contributed by atoms with Crippen LogP contribution in [0, 0.1) is 0 Å². The molecule has 0 fully saturated rings. The Morgan fingerprint density at radius 2 is 1.41 bits per heavy atom. The largest absolute Gasteiger partial charge is 0.462 e. The van der Waals surface area contributed by atoms with E-state index in [1.807, 2.05) is 0 Å². The Labute approximate surface area is 138 Å². The summed E-state index contributed by atoms with van der Waals surface area (Å²) in [6, 6.07) is 0. The number of carbonyl (C=O) groups is 1. The van der Waals surface area contributed by atoms with Gasteiger partial charge in [-0.15, -0.1) is 0 Å². The predicted molar refractivity (Wildman–Crippen MR) is 94.8 cm³/mol. The molecular formula is C19H38NO2+. The van der Waals surface area contributed by atoms with E-state index in [4.69, 9.17) is 4.74 Å². The third-order valence-corrected chi connectivity index (χ3v) is 4.11. The normalized spacial score (nSPS) is 11.5. The van der Waals surface area contributed by atoms with Crippen molar-refractivity contribution in [2.75, 3.05) is 33.8 Å². The smallest absolute Gasteiger partial charge is 0.333 e. The van der Waals surface area contributed by atoms with Crippen LogP contribution in [0.4, 0.5) is 0 Å². The molecule has 130 valence electrons. The summed E-state index contributed by atoms with van der Waals surface area (Å²) in [4.78, 5) is 11.2. The van der Waals surface area contributed by atoms with Gasteiger partial charge in [0.15, 0.2) is 0 Å². The highest BCUT2D eigenvalue weighted by Gasteiger charge is 2.13. The van der Waals surface area contributed by atoms with E-state index >= 15 is 0 Å². The van der Waals surface area contributed by atoms with E-state index in [-0.39, 0.29) is 5.97 Å². The van der Waals surface area contributed by atoms with Crippen molar-refractivity contribution in [3.05, 3.63) is 12.2 Å². The molecule has 0 radical (unpaired) electrons. The summed E-state index contributed by atoms with van der Waals surface area (Å²) in [5, 5.41) is 0. The Morgan fingerprint density at radius 1 is 0.909 bits per heavy atom. The molecule has 3 heteroatoms. The lowest BCUT2D eigenvalue weighted by atomic mass is 10.1. The predicted octanol–water partition coefficient (Wildman–Crippen LogP) is 4.71. The van der Waals surface area contributed by atoms with E-state index in [0.717, 1.165) is 17.3 Å². The van der Waals surface area contributed by atoms with Crippen LogP contribution < -0.4 is 0 Å². The zero-order valence-electron chi connectivity index (χ0n) is 15.5. The lowest BCUT2D eigenvalue weighted by molar-refractivity contribution is -0.890. The van der Waals surface area contributed by atoms with Gasteiger partial charge in [-0.1, -0.05) is 39.2 Å². The Balaban J connectivity index is 3.39. The molecule has 0 aliphatic heterocycles. The molecule has 0 unspecified atom stereocenters. The number of carbonyl (C=O) groups excluding carboxylic acids is 1. The van der Waals surface area contributed by atoms with Crippen LogP contribution >= 0.6 is 0 Å². The Morgan fingerprint density at radius 3 is 1.95 bits per heavy atom. The molecule has 22 heavy (non-hydrogen) atoms. The zero-order valence-corrected chi connectivity index (χ0v) is 15.5. The number of nitrogens with zero attached hydrogens (tertiary/aromatic N) is 1. The first kappa shape index (κ1) is 21.2. The molecule has 0 aliphatic carbocycles. The van der Waals surface area contributed by atoms with Crippen LogP contribution in [0.1, 0.15) is 71.6 Å². The van der Waals surface area contributed by atoms with E-state index in [2.05, 4.69) is 27.6 Å². The molecule has 0 aromatic rings. The number of quaternary nitrogens is 1. The van der Waals surface area contributed by atoms with Gasteiger partial charge in [-0.2, -0.15) is 0 Å². The summed E-state index contributed by atoms with van der Waals surface area (Å²) < 4.78 is 6.25. The van der Waals surface area contributed by atoms with Gasteiger partial charge in [-0.3, -0.25) is 0 Å². The van der Waals surface area contributed by atoms with Crippen LogP contribution in [0.5, 0.6) is 0 Å². The van der Waals surface area contributed by atoms with E-state index in [0.29, 0.717) is 12.2 Å². The summed E-state index contributed by atoms with van der Waals surface area (Å²) in [5.74, 6) is -0.261. The van der Waals surface area contributed by atoms with Gasteiger partial charge in [-0.05, 0) is 39.0 Å². The first-order valence-electron chi connectivity index (χ1n) is 9.03. The maximum absolute atomic E-state index is 11.2. The number of hydrogen-bond donors (Lipinski definition) is 0. The first-order chi connectivity index (χ1) is 10.4. The minimum atomic E-state index is -0.261. The van der Waals surface area contributed by atoms with Gasteiger partial charge in [0.1, 0.15) is 0 Å². The van der Waals surface area contributed by atoms with Crippen LogP contribution in [-0.4, -0.2) is 44.2 Å². The fourth-order valence-electron chi connectivity index (χ4n) is 2.54. The molecule has 0 aliphatic rings.